The van der Waals surface area contributed by atoms with E-state index in [2.05, 4.69) is 36.9 Å². The Hall–Kier alpha value is -6.58. The summed E-state index contributed by atoms with van der Waals surface area (Å²) in [6.07, 6.45) is -1.48. The predicted molar refractivity (Wildman–Crippen MR) is 231 cm³/mol. The van der Waals surface area contributed by atoms with Crippen LogP contribution < -0.4 is 37.6 Å². The number of carbonyl (C=O) groups is 8. The number of carboxylic acid groups (broad SMARTS) is 2. The molecule has 1 heterocycles. The summed E-state index contributed by atoms with van der Waals surface area (Å²) >= 11 is 0. The van der Waals surface area contributed by atoms with E-state index >= 15 is 0 Å². The number of aromatic amines is 1. The van der Waals surface area contributed by atoms with Crippen molar-refractivity contribution in [3.8, 4) is 5.75 Å². The number of hydrogen-bond acceptors (Lipinski definition) is 12. The largest absolute Gasteiger partial charge is 0.508 e. The van der Waals surface area contributed by atoms with Crippen LogP contribution in [0, 0.1) is 11.8 Å². The Morgan fingerprint density at radius 3 is 1.77 bits per heavy atom. The second-order valence-electron chi connectivity index (χ2n) is 16.3. The van der Waals surface area contributed by atoms with E-state index in [1.165, 1.54) is 24.3 Å². The van der Waals surface area contributed by atoms with Gasteiger partial charge in [0.15, 0.2) is 0 Å². The monoisotopic (exact) mass is 896 g/mol. The number of nitrogens with one attached hydrogen (secondary N) is 7. The van der Waals surface area contributed by atoms with E-state index in [-0.39, 0.29) is 30.9 Å². The number of rotatable bonds is 25. The zero-order chi connectivity index (χ0) is 47.8. The van der Waals surface area contributed by atoms with Crippen molar-refractivity contribution >= 4 is 58.3 Å². The van der Waals surface area contributed by atoms with Gasteiger partial charge in [0.05, 0.1) is 12.7 Å². The Balaban J connectivity index is 1.89. The van der Waals surface area contributed by atoms with Gasteiger partial charge < -0.3 is 68.2 Å². The van der Waals surface area contributed by atoms with Crippen molar-refractivity contribution in [1.82, 2.24) is 36.9 Å². The van der Waals surface area contributed by atoms with Crippen LogP contribution >= 0.6 is 0 Å². The van der Waals surface area contributed by atoms with E-state index in [4.69, 9.17) is 5.73 Å². The van der Waals surface area contributed by atoms with Crippen LogP contribution in [0.1, 0.15) is 65.0 Å². The minimum Gasteiger partial charge on any atom is -0.508 e. The number of aromatic hydroxyl groups is 1. The molecule has 0 radical (unpaired) electrons. The van der Waals surface area contributed by atoms with Crippen molar-refractivity contribution in [2.75, 3.05) is 6.61 Å². The smallest absolute Gasteiger partial charge is 0.326 e. The second-order valence-corrected chi connectivity index (χ2v) is 16.3. The number of nitrogens with two attached hydrogens (primary N) is 1. The lowest BCUT2D eigenvalue weighted by Crippen LogP contribution is -2.62. The molecule has 14 N–H and O–H groups in total. The third-order valence-corrected chi connectivity index (χ3v) is 10.2. The minimum atomic E-state index is -1.80. The number of aliphatic hydroxyl groups excluding tert-OH is 2. The van der Waals surface area contributed by atoms with Crippen LogP contribution in [0.3, 0.4) is 0 Å². The van der Waals surface area contributed by atoms with E-state index in [0.717, 1.165) is 12.4 Å². The molecule has 21 heteroatoms. The number of benzene rings is 2. The first-order chi connectivity index (χ1) is 30.1. The van der Waals surface area contributed by atoms with Crippen molar-refractivity contribution < 1.29 is 63.9 Å². The summed E-state index contributed by atoms with van der Waals surface area (Å²) < 4.78 is 0. The maximum absolute atomic E-state index is 13.9. The van der Waals surface area contributed by atoms with Gasteiger partial charge in [0.25, 0.3) is 0 Å². The van der Waals surface area contributed by atoms with Gasteiger partial charge in [-0.1, -0.05) is 58.0 Å². The van der Waals surface area contributed by atoms with Gasteiger partial charge in [0.1, 0.15) is 48.0 Å². The molecule has 8 atom stereocenters. The van der Waals surface area contributed by atoms with Gasteiger partial charge >= 0.3 is 11.9 Å². The summed E-state index contributed by atoms with van der Waals surface area (Å²) in [5, 5.41) is 64.6. The van der Waals surface area contributed by atoms with E-state index in [1.54, 1.807) is 58.2 Å². The fourth-order valence-electron chi connectivity index (χ4n) is 6.64. The fraction of sp³-hybridized carbons (Fsp3) is 0.488. The van der Waals surface area contributed by atoms with Gasteiger partial charge in [-0.15, -0.1) is 0 Å². The molecule has 0 saturated heterocycles. The molecule has 0 aliphatic rings. The van der Waals surface area contributed by atoms with Crippen molar-refractivity contribution in [3.05, 3.63) is 65.9 Å². The van der Waals surface area contributed by atoms with Crippen LogP contribution in [0.25, 0.3) is 10.9 Å². The summed E-state index contributed by atoms with van der Waals surface area (Å²) in [5.74, 6) is -9.26. The number of phenols is 1. The molecule has 6 amide bonds. The molecule has 0 aliphatic heterocycles. The summed E-state index contributed by atoms with van der Waals surface area (Å²) in [6.45, 7) is 7.06. The van der Waals surface area contributed by atoms with E-state index in [0.29, 0.717) is 16.5 Å². The zero-order valence-electron chi connectivity index (χ0n) is 36.3. The highest BCUT2D eigenvalue weighted by molar-refractivity contribution is 5.98. The molecule has 3 rings (SSSR count). The predicted octanol–water partition coefficient (Wildman–Crippen LogP) is -1.08. The minimum absolute atomic E-state index is 0.0149. The average Bonchev–Trinajstić information content (AvgIpc) is 3.64. The number of amides is 6. The van der Waals surface area contributed by atoms with Crippen LogP contribution in [0.2, 0.25) is 0 Å². The zero-order valence-corrected chi connectivity index (χ0v) is 36.3. The summed E-state index contributed by atoms with van der Waals surface area (Å²) in [4.78, 5) is 109. The van der Waals surface area contributed by atoms with E-state index < -0.39 is 121 Å². The number of carboxylic acids is 2. The van der Waals surface area contributed by atoms with Crippen molar-refractivity contribution in [1.29, 1.82) is 0 Å². The lowest BCUT2D eigenvalue weighted by molar-refractivity contribution is -0.143. The summed E-state index contributed by atoms with van der Waals surface area (Å²) in [7, 11) is 0. The first-order valence-corrected chi connectivity index (χ1v) is 20.8. The molecule has 0 aliphatic carbocycles. The van der Waals surface area contributed by atoms with Crippen LogP contribution in [0.15, 0.2) is 54.7 Å². The molecular weight excluding hydrogens is 837 g/mol. The van der Waals surface area contributed by atoms with Gasteiger partial charge in [-0.05, 0) is 60.9 Å². The first-order valence-electron chi connectivity index (χ1n) is 20.8. The molecule has 0 unspecified atom stereocenters. The SMILES string of the molecule is CC(C)C[C@H](NC(=O)[C@H](Cc1ccc(O)cc1)NC(=O)[C@@H](N)CO)C(=O)N[C@@H](CCC(=O)O)C(=O)N[C@H](C(=O)N[C@@H](Cc1c[nH]c2ccccc12)C(=O)N[C@H](C(=O)O)C(C)C)[C@@H](C)O. The molecule has 0 spiro atoms. The van der Waals surface area contributed by atoms with Gasteiger partial charge in [-0.25, -0.2) is 4.79 Å². The number of fused-ring (bicyclic) bond motifs is 1. The number of phenolic OH excluding ortho intramolecular Hbond substituents is 1. The quantitative estimate of drug-likeness (QED) is 0.0481. The number of aromatic nitrogens is 1. The Morgan fingerprint density at radius 1 is 0.656 bits per heavy atom. The van der Waals surface area contributed by atoms with Gasteiger partial charge in [0.2, 0.25) is 35.4 Å². The molecule has 0 bridgehead atoms. The molecule has 1 aromatic heterocycles. The van der Waals surface area contributed by atoms with Crippen LogP contribution in [0.4, 0.5) is 0 Å². The van der Waals surface area contributed by atoms with E-state index in [1.807, 2.05) is 0 Å². The molecule has 64 heavy (non-hydrogen) atoms. The Labute approximate surface area is 369 Å². The Bertz CT molecular complexity index is 2110. The molecule has 0 fully saturated rings. The summed E-state index contributed by atoms with van der Waals surface area (Å²) in [6, 6.07) is 2.49. The van der Waals surface area contributed by atoms with Crippen LogP contribution in [-0.2, 0) is 51.2 Å². The van der Waals surface area contributed by atoms with E-state index in [9.17, 15) is 63.9 Å². The average molecular weight is 897 g/mol. The van der Waals surface area contributed by atoms with Gasteiger partial charge in [0, 0.05) is 36.4 Å². The van der Waals surface area contributed by atoms with Crippen molar-refractivity contribution in [2.24, 2.45) is 17.6 Å². The third kappa shape index (κ3) is 15.6. The lowest BCUT2D eigenvalue weighted by Gasteiger charge is -2.29. The number of aliphatic carboxylic acids is 2. The Morgan fingerprint density at radius 2 is 1.19 bits per heavy atom. The maximum Gasteiger partial charge on any atom is 0.326 e. The highest BCUT2D eigenvalue weighted by Crippen LogP contribution is 2.20. The van der Waals surface area contributed by atoms with Crippen molar-refractivity contribution in [2.45, 2.75) is 115 Å². The number of carbonyl (C=O) groups excluding carboxylic acids is 6. The fourth-order valence-corrected chi connectivity index (χ4v) is 6.64. The third-order valence-electron chi connectivity index (χ3n) is 10.2. The Kier molecular flexibility index (Phi) is 19.7. The molecule has 350 valence electrons. The maximum atomic E-state index is 13.9. The lowest BCUT2D eigenvalue weighted by atomic mass is 10.00. The normalized spacial score (nSPS) is 15.1. The highest BCUT2D eigenvalue weighted by atomic mass is 16.4. The highest BCUT2D eigenvalue weighted by Gasteiger charge is 2.36. The molecular formula is C43H60N8O13. The number of hydrogen-bond donors (Lipinski definition) is 13. The standard InChI is InChI=1S/C43H60N8O13/c1-21(2)16-31(48-40(60)32(47-37(57)28(44)20-52)17-24-10-12-26(54)13-11-24)39(59)46-30(14-15-34(55)56)38(58)51-36(23(5)53)42(62)49-33(41(61)50-35(22(3)4)43(63)64)18-25-19-45-29-9-7-6-8-27(25)29/h6-13,19,21-23,28,30-33,35-36,45,52-54H,14-18,20,44H2,1-5H3,(H,46,59)(H,47,57)(H,48,60)(H,49,62)(H,50,61)(H,51,58)(H,55,56)(H,63,64)/t23-,28+,30+,31+,32+,33+,35+,36+/m1/s1. The molecule has 21 nitrogen and oxygen atoms in total. The number of para-hydroxylation sites is 1. The van der Waals surface area contributed by atoms with Crippen molar-refractivity contribution in [3.63, 3.8) is 0 Å². The van der Waals surface area contributed by atoms with Gasteiger partial charge in [-0.2, -0.15) is 0 Å². The molecule has 3 aromatic rings. The molecule has 2 aromatic carbocycles. The topological polar surface area (TPSA) is 352 Å². The number of H-pyrrole nitrogens is 1. The summed E-state index contributed by atoms with van der Waals surface area (Å²) in [5.41, 5.74) is 7.46. The van der Waals surface area contributed by atoms with Crippen LogP contribution in [-0.4, -0.2) is 133 Å². The second kappa shape index (κ2) is 24.3. The first kappa shape index (κ1) is 51.8. The van der Waals surface area contributed by atoms with Gasteiger partial charge in [-0.3, -0.25) is 33.6 Å². The number of aliphatic hydroxyl groups is 2. The van der Waals surface area contributed by atoms with Crippen LogP contribution in [0.5, 0.6) is 5.75 Å². The molecule has 0 saturated carbocycles.